The molecule has 0 aliphatic rings. The molecule has 0 saturated heterocycles. The van der Waals surface area contributed by atoms with Gasteiger partial charge in [-0.15, -0.1) is 0 Å². The van der Waals surface area contributed by atoms with Crippen molar-refractivity contribution in [2.24, 2.45) is 0 Å². The molecule has 0 aliphatic carbocycles. The predicted octanol–water partition coefficient (Wildman–Crippen LogP) is 1.78. The Kier molecular flexibility index (Phi) is 2.28. The molecule has 0 heterocycles. The Morgan fingerprint density at radius 3 is 2.75 bits per heavy atom. The lowest BCUT2D eigenvalue weighted by Gasteiger charge is -2.06. The lowest BCUT2D eigenvalue weighted by molar-refractivity contribution is 0.401. The second-order valence-electron chi connectivity index (χ2n) is 2.14. The van der Waals surface area contributed by atoms with Crippen LogP contribution in [0.5, 0.6) is 11.5 Å². The summed E-state index contributed by atoms with van der Waals surface area (Å²) in [5, 5.41) is 8.69. The van der Waals surface area contributed by atoms with Crippen LogP contribution in [0.3, 0.4) is 0 Å². The van der Waals surface area contributed by atoms with Gasteiger partial charge in [0.1, 0.15) is 10.8 Å². The van der Waals surface area contributed by atoms with Gasteiger partial charge in [-0.25, -0.2) is 4.39 Å². The SMILES string of the molecule is COc1cc(N)c(O)c(F)c1Cl. The summed E-state index contributed by atoms with van der Waals surface area (Å²) in [6, 6.07) is 1.25. The molecule has 12 heavy (non-hydrogen) atoms. The molecule has 0 radical (unpaired) electrons. The minimum Gasteiger partial charge on any atom is -0.503 e. The van der Waals surface area contributed by atoms with Crippen LogP contribution in [-0.4, -0.2) is 12.2 Å². The zero-order valence-electron chi connectivity index (χ0n) is 6.27. The topological polar surface area (TPSA) is 55.5 Å². The van der Waals surface area contributed by atoms with Gasteiger partial charge in [0.25, 0.3) is 0 Å². The van der Waals surface area contributed by atoms with E-state index in [-0.39, 0.29) is 16.5 Å². The molecule has 3 nitrogen and oxygen atoms in total. The van der Waals surface area contributed by atoms with Crippen LogP contribution in [-0.2, 0) is 0 Å². The van der Waals surface area contributed by atoms with Crippen LogP contribution in [0.4, 0.5) is 10.1 Å². The number of anilines is 1. The first-order chi connectivity index (χ1) is 5.57. The van der Waals surface area contributed by atoms with Crippen molar-refractivity contribution in [3.8, 4) is 11.5 Å². The number of halogens is 2. The largest absolute Gasteiger partial charge is 0.503 e. The lowest BCUT2D eigenvalue weighted by Crippen LogP contribution is -1.93. The van der Waals surface area contributed by atoms with Crippen molar-refractivity contribution in [2.75, 3.05) is 12.8 Å². The summed E-state index contributed by atoms with van der Waals surface area (Å²) in [6.45, 7) is 0. The second-order valence-corrected chi connectivity index (χ2v) is 2.52. The first-order valence-corrected chi connectivity index (χ1v) is 3.46. The van der Waals surface area contributed by atoms with Crippen LogP contribution in [0.25, 0.3) is 0 Å². The average molecular weight is 192 g/mol. The van der Waals surface area contributed by atoms with E-state index in [1.807, 2.05) is 0 Å². The summed E-state index contributed by atoms with van der Waals surface area (Å²) in [4.78, 5) is 0. The van der Waals surface area contributed by atoms with Crippen molar-refractivity contribution in [3.05, 3.63) is 16.9 Å². The molecule has 0 saturated carbocycles. The minimum atomic E-state index is -0.964. The molecule has 0 bridgehead atoms. The predicted molar refractivity (Wildman–Crippen MR) is 44.0 cm³/mol. The van der Waals surface area contributed by atoms with Gasteiger partial charge in [0.05, 0.1) is 12.8 Å². The van der Waals surface area contributed by atoms with E-state index in [2.05, 4.69) is 0 Å². The van der Waals surface area contributed by atoms with Gasteiger partial charge in [0, 0.05) is 6.07 Å². The molecular formula is C7H7ClFNO2. The van der Waals surface area contributed by atoms with E-state index in [0.29, 0.717) is 0 Å². The van der Waals surface area contributed by atoms with Crippen molar-refractivity contribution < 1.29 is 14.2 Å². The summed E-state index contributed by atoms with van der Waals surface area (Å²) >= 11 is 5.46. The molecule has 0 amide bonds. The molecule has 1 rings (SSSR count). The third kappa shape index (κ3) is 1.25. The number of hydrogen-bond donors (Lipinski definition) is 2. The lowest BCUT2D eigenvalue weighted by atomic mass is 10.2. The van der Waals surface area contributed by atoms with Gasteiger partial charge in [-0.05, 0) is 0 Å². The fraction of sp³-hybridized carbons (Fsp3) is 0.143. The zero-order chi connectivity index (χ0) is 9.30. The average Bonchev–Trinajstić information content (AvgIpc) is 2.08. The van der Waals surface area contributed by atoms with Gasteiger partial charge >= 0.3 is 0 Å². The Morgan fingerprint density at radius 2 is 2.25 bits per heavy atom. The van der Waals surface area contributed by atoms with Crippen molar-refractivity contribution in [2.45, 2.75) is 0 Å². The summed E-state index contributed by atoms with van der Waals surface area (Å²) in [5.74, 6) is -1.52. The number of phenols is 1. The first kappa shape index (κ1) is 8.93. The van der Waals surface area contributed by atoms with Gasteiger partial charge in [-0.3, -0.25) is 0 Å². The van der Waals surface area contributed by atoms with Gasteiger partial charge in [0.15, 0.2) is 11.6 Å². The Morgan fingerprint density at radius 1 is 1.67 bits per heavy atom. The van der Waals surface area contributed by atoms with Crippen LogP contribution >= 0.6 is 11.6 Å². The van der Waals surface area contributed by atoms with Crippen molar-refractivity contribution >= 4 is 17.3 Å². The Labute approximate surface area is 73.5 Å². The van der Waals surface area contributed by atoms with Crippen LogP contribution in [0.15, 0.2) is 6.07 Å². The quantitative estimate of drug-likeness (QED) is 0.526. The number of nitrogen functional groups attached to an aromatic ring is 1. The fourth-order valence-electron chi connectivity index (χ4n) is 0.760. The number of nitrogens with two attached hydrogens (primary N) is 1. The number of rotatable bonds is 1. The standard InChI is InChI=1S/C7H7ClFNO2/c1-12-4-2-3(10)7(11)6(9)5(4)8/h2,11H,10H2,1H3. The van der Waals surface area contributed by atoms with Crippen molar-refractivity contribution in [1.82, 2.24) is 0 Å². The van der Waals surface area contributed by atoms with Gasteiger partial charge in [-0.2, -0.15) is 0 Å². The normalized spacial score (nSPS) is 9.92. The molecule has 0 unspecified atom stereocenters. The number of hydrogen-bond acceptors (Lipinski definition) is 3. The van der Waals surface area contributed by atoms with Crippen LogP contribution in [0, 0.1) is 5.82 Å². The van der Waals surface area contributed by atoms with E-state index >= 15 is 0 Å². The number of aromatic hydroxyl groups is 1. The highest BCUT2D eigenvalue weighted by Crippen LogP contribution is 2.37. The summed E-state index contributed by atoms with van der Waals surface area (Å²) in [7, 11) is 1.33. The van der Waals surface area contributed by atoms with Gasteiger partial charge in [-0.1, -0.05) is 11.6 Å². The van der Waals surface area contributed by atoms with Crippen molar-refractivity contribution in [1.29, 1.82) is 0 Å². The molecule has 0 fully saturated rings. The highest BCUT2D eigenvalue weighted by atomic mass is 35.5. The molecular weight excluding hydrogens is 185 g/mol. The Bertz CT molecular complexity index is 317. The zero-order valence-corrected chi connectivity index (χ0v) is 7.02. The van der Waals surface area contributed by atoms with Crippen molar-refractivity contribution in [3.63, 3.8) is 0 Å². The third-order valence-corrected chi connectivity index (χ3v) is 1.75. The maximum absolute atomic E-state index is 12.9. The molecule has 0 spiro atoms. The Hall–Kier alpha value is -1.16. The highest BCUT2D eigenvalue weighted by molar-refractivity contribution is 6.32. The smallest absolute Gasteiger partial charge is 0.189 e. The highest BCUT2D eigenvalue weighted by Gasteiger charge is 2.14. The second kappa shape index (κ2) is 3.06. The molecule has 0 aliphatic heterocycles. The summed E-state index contributed by atoms with van der Waals surface area (Å²) in [6.07, 6.45) is 0. The van der Waals surface area contributed by atoms with Gasteiger partial charge in [0.2, 0.25) is 0 Å². The molecule has 5 heteroatoms. The van der Waals surface area contributed by atoms with Crippen LogP contribution in [0.2, 0.25) is 5.02 Å². The number of methoxy groups -OCH3 is 1. The summed E-state index contributed by atoms with van der Waals surface area (Å²) in [5.41, 5.74) is 5.13. The monoisotopic (exact) mass is 191 g/mol. The van der Waals surface area contributed by atoms with E-state index in [9.17, 15) is 4.39 Å². The number of benzene rings is 1. The molecule has 0 aromatic heterocycles. The molecule has 66 valence electrons. The number of ether oxygens (including phenoxy) is 1. The molecule has 0 atom stereocenters. The van der Waals surface area contributed by atoms with E-state index < -0.39 is 11.6 Å². The fourth-order valence-corrected chi connectivity index (χ4v) is 0.982. The first-order valence-electron chi connectivity index (χ1n) is 3.08. The molecule has 1 aromatic carbocycles. The van der Waals surface area contributed by atoms with E-state index in [0.717, 1.165) is 0 Å². The maximum atomic E-state index is 12.9. The number of phenolic OH excluding ortho intramolecular Hbond substituents is 1. The van der Waals surface area contributed by atoms with Gasteiger partial charge < -0.3 is 15.6 Å². The molecule has 3 N–H and O–H groups in total. The minimum absolute atomic E-state index is 0.101. The van der Waals surface area contributed by atoms with E-state index in [4.69, 9.17) is 27.2 Å². The third-order valence-electron chi connectivity index (χ3n) is 1.40. The maximum Gasteiger partial charge on any atom is 0.189 e. The molecule has 1 aromatic rings. The van der Waals surface area contributed by atoms with Crippen LogP contribution < -0.4 is 10.5 Å². The van der Waals surface area contributed by atoms with Crippen LogP contribution in [0.1, 0.15) is 0 Å². The van der Waals surface area contributed by atoms with E-state index in [1.165, 1.54) is 13.2 Å². The Balaban J connectivity index is 3.39. The summed E-state index contributed by atoms with van der Waals surface area (Å²) < 4.78 is 17.6. The van der Waals surface area contributed by atoms with E-state index in [1.54, 1.807) is 0 Å².